The van der Waals surface area contributed by atoms with Gasteiger partial charge in [0.05, 0.1) is 11.5 Å². The van der Waals surface area contributed by atoms with E-state index in [9.17, 15) is 18.3 Å². The van der Waals surface area contributed by atoms with Gasteiger partial charge in [-0.3, -0.25) is 4.79 Å². The molecule has 0 aliphatic rings. The third-order valence-electron chi connectivity index (χ3n) is 5.53. The van der Waals surface area contributed by atoms with Crippen LogP contribution in [0.1, 0.15) is 33.3 Å². The standard InChI is InChI=1S/C24H33NO6S/c1-5-25(6-2)16-17-31-21-10-8-19(9-11-21)18-24(4,23(26)27)32(28,29)22-14-12-20(13-15-22)30-7-3/h8-15H,5-7,16-18H2,1-4H3,(H,26,27). The molecule has 0 fully saturated rings. The zero-order chi connectivity index (χ0) is 23.8. The molecule has 0 aliphatic carbocycles. The molecule has 8 heteroatoms. The fourth-order valence-corrected chi connectivity index (χ4v) is 4.95. The molecule has 7 nitrogen and oxygen atoms in total. The number of carbonyl (C=O) groups is 1. The molecule has 0 saturated carbocycles. The van der Waals surface area contributed by atoms with Crippen molar-refractivity contribution in [3.8, 4) is 11.5 Å². The van der Waals surface area contributed by atoms with Crippen LogP contribution in [-0.4, -0.2) is 62.0 Å². The maximum absolute atomic E-state index is 13.2. The third-order valence-corrected chi connectivity index (χ3v) is 7.92. The Balaban J connectivity index is 2.17. The first kappa shape index (κ1) is 25.7. The Hall–Kier alpha value is -2.58. The second kappa shape index (κ2) is 11.3. The molecule has 0 aromatic heterocycles. The maximum Gasteiger partial charge on any atom is 0.325 e. The van der Waals surface area contributed by atoms with Gasteiger partial charge in [-0.25, -0.2) is 8.42 Å². The van der Waals surface area contributed by atoms with Gasteiger partial charge in [-0.2, -0.15) is 0 Å². The van der Waals surface area contributed by atoms with E-state index in [1.807, 2.05) is 6.92 Å². The summed E-state index contributed by atoms with van der Waals surface area (Å²) in [4.78, 5) is 14.3. The predicted molar refractivity (Wildman–Crippen MR) is 124 cm³/mol. The lowest BCUT2D eigenvalue weighted by molar-refractivity contribution is -0.139. The summed E-state index contributed by atoms with van der Waals surface area (Å²) in [7, 11) is -4.16. The lowest BCUT2D eigenvalue weighted by Gasteiger charge is -2.25. The number of carboxylic acids is 1. The van der Waals surface area contributed by atoms with Crippen LogP contribution in [0.5, 0.6) is 11.5 Å². The number of hydrogen-bond acceptors (Lipinski definition) is 6. The van der Waals surface area contributed by atoms with E-state index in [0.717, 1.165) is 19.6 Å². The van der Waals surface area contributed by atoms with Gasteiger partial charge in [0.15, 0.2) is 14.6 Å². The van der Waals surface area contributed by atoms with Crippen molar-refractivity contribution in [3.05, 3.63) is 54.1 Å². The van der Waals surface area contributed by atoms with Gasteiger partial charge in [0, 0.05) is 13.0 Å². The van der Waals surface area contributed by atoms with E-state index in [1.165, 1.54) is 31.2 Å². The molecule has 0 amide bonds. The fourth-order valence-electron chi connectivity index (χ4n) is 3.35. The van der Waals surface area contributed by atoms with Crippen LogP contribution in [0.4, 0.5) is 0 Å². The fraction of sp³-hybridized carbons (Fsp3) is 0.458. The Kier molecular flexibility index (Phi) is 9.09. The molecular weight excluding hydrogens is 430 g/mol. The normalized spacial score (nSPS) is 13.5. The number of nitrogens with zero attached hydrogens (tertiary/aromatic N) is 1. The Morgan fingerprint density at radius 2 is 1.47 bits per heavy atom. The van der Waals surface area contributed by atoms with Crippen molar-refractivity contribution in [2.24, 2.45) is 0 Å². The van der Waals surface area contributed by atoms with E-state index >= 15 is 0 Å². The lowest BCUT2D eigenvalue weighted by atomic mass is 10.0. The van der Waals surface area contributed by atoms with Crippen molar-refractivity contribution in [2.75, 3.05) is 32.8 Å². The van der Waals surface area contributed by atoms with E-state index in [2.05, 4.69) is 18.7 Å². The smallest absolute Gasteiger partial charge is 0.325 e. The van der Waals surface area contributed by atoms with Crippen LogP contribution >= 0.6 is 0 Å². The van der Waals surface area contributed by atoms with E-state index in [1.54, 1.807) is 24.3 Å². The maximum atomic E-state index is 13.2. The third kappa shape index (κ3) is 6.01. The van der Waals surface area contributed by atoms with Crippen molar-refractivity contribution < 1.29 is 27.8 Å². The lowest BCUT2D eigenvalue weighted by Crippen LogP contribution is -2.45. The number of hydrogen-bond donors (Lipinski definition) is 1. The number of sulfone groups is 1. The number of rotatable bonds is 13. The van der Waals surface area contributed by atoms with Crippen molar-refractivity contribution in [1.82, 2.24) is 4.90 Å². The summed E-state index contributed by atoms with van der Waals surface area (Å²) < 4.78 is 35.6. The molecule has 0 saturated heterocycles. The average molecular weight is 464 g/mol. The Morgan fingerprint density at radius 1 is 0.938 bits per heavy atom. The summed E-state index contributed by atoms with van der Waals surface area (Å²) in [5, 5.41) is 9.87. The summed E-state index contributed by atoms with van der Waals surface area (Å²) in [5.74, 6) is -0.210. The highest BCUT2D eigenvalue weighted by Gasteiger charge is 2.47. The van der Waals surface area contributed by atoms with Crippen LogP contribution in [-0.2, 0) is 21.1 Å². The highest BCUT2D eigenvalue weighted by molar-refractivity contribution is 7.93. The molecular formula is C24H33NO6S. The van der Waals surface area contributed by atoms with Gasteiger partial charge in [-0.1, -0.05) is 26.0 Å². The zero-order valence-corrected chi connectivity index (χ0v) is 20.0. The molecule has 0 radical (unpaired) electrons. The molecule has 0 aliphatic heterocycles. The van der Waals surface area contributed by atoms with Crippen LogP contribution in [0.25, 0.3) is 0 Å². The SMILES string of the molecule is CCOc1ccc(S(=O)(=O)C(C)(Cc2ccc(OCCN(CC)CC)cc2)C(=O)O)cc1. The topological polar surface area (TPSA) is 93.1 Å². The molecule has 32 heavy (non-hydrogen) atoms. The minimum atomic E-state index is -4.16. The van der Waals surface area contributed by atoms with E-state index in [0.29, 0.717) is 30.3 Å². The largest absolute Gasteiger partial charge is 0.494 e. The minimum Gasteiger partial charge on any atom is -0.494 e. The van der Waals surface area contributed by atoms with Gasteiger partial charge in [-0.05, 0) is 68.9 Å². The van der Waals surface area contributed by atoms with Crippen LogP contribution < -0.4 is 9.47 Å². The molecule has 0 bridgehead atoms. The first-order chi connectivity index (χ1) is 15.2. The second-order valence-corrected chi connectivity index (χ2v) is 10.0. The Morgan fingerprint density at radius 3 is 1.97 bits per heavy atom. The van der Waals surface area contributed by atoms with Crippen LogP contribution in [0.2, 0.25) is 0 Å². The second-order valence-electron chi connectivity index (χ2n) is 7.64. The number of carboxylic acid groups (broad SMARTS) is 1. The molecule has 1 N–H and O–H groups in total. The van der Waals surface area contributed by atoms with Crippen LogP contribution in [0.15, 0.2) is 53.4 Å². The molecule has 2 aromatic carbocycles. The molecule has 2 aromatic rings. The molecule has 1 atom stereocenters. The first-order valence-electron chi connectivity index (χ1n) is 10.8. The molecule has 176 valence electrons. The number of benzene rings is 2. The Labute approximate surface area is 190 Å². The van der Waals surface area contributed by atoms with E-state index in [-0.39, 0.29) is 11.3 Å². The molecule has 0 spiro atoms. The number of likely N-dealkylation sites (N-methyl/N-ethyl adjacent to an activating group) is 1. The van der Waals surface area contributed by atoms with Crippen molar-refractivity contribution in [3.63, 3.8) is 0 Å². The first-order valence-corrected chi connectivity index (χ1v) is 12.3. The highest BCUT2D eigenvalue weighted by atomic mass is 32.2. The quantitative estimate of drug-likeness (QED) is 0.484. The monoisotopic (exact) mass is 463 g/mol. The van der Waals surface area contributed by atoms with Gasteiger partial charge >= 0.3 is 5.97 Å². The number of ether oxygens (including phenoxy) is 2. The molecule has 0 heterocycles. The van der Waals surface area contributed by atoms with E-state index in [4.69, 9.17) is 9.47 Å². The summed E-state index contributed by atoms with van der Waals surface area (Å²) in [6, 6.07) is 12.7. The number of aliphatic carboxylic acids is 1. The summed E-state index contributed by atoms with van der Waals surface area (Å²) >= 11 is 0. The van der Waals surface area contributed by atoms with Gasteiger partial charge in [0.1, 0.15) is 18.1 Å². The van der Waals surface area contributed by atoms with Crippen LogP contribution in [0.3, 0.4) is 0 Å². The summed E-state index contributed by atoms with van der Waals surface area (Å²) in [6.07, 6.45) is -0.169. The van der Waals surface area contributed by atoms with Gasteiger partial charge < -0.3 is 19.5 Å². The van der Waals surface area contributed by atoms with Crippen molar-refractivity contribution in [1.29, 1.82) is 0 Å². The summed E-state index contributed by atoms with van der Waals surface area (Å²) in [6.45, 7) is 11.0. The van der Waals surface area contributed by atoms with Crippen molar-refractivity contribution >= 4 is 15.8 Å². The van der Waals surface area contributed by atoms with E-state index < -0.39 is 20.6 Å². The highest BCUT2D eigenvalue weighted by Crippen LogP contribution is 2.31. The van der Waals surface area contributed by atoms with Gasteiger partial charge in [-0.15, -0.1) is 0 Å². The predicted octanol–water partition coefficient (Wildman–Crippen LogP) is 3.67. The average Bonchev–Trinajstić information content (AvgIpc) is 2.78. The zero-order valence-electron chi connectivity index (χ0n) is 19.2. The summed E-state index contributed by atoms with van der Waals surface area (Å²) in [5.41, 5.74) is 0.598. The van der Waals surface area contributed by atoms with Crippen molar-refractivity contribution in [2.45, 2.75) is 43.8 Å². The Bertz CT molecular complexity index is 969. The molecule has 1 unspecified atom stereocenters. The minimum absolute atomic E-state index is 0.0535. The van der Waals surface area contributed by atoms with Crippen LogP contribution in [0, 0.1) is 0 Å². The molecule has 2 rings (SSSR count). The van der Waals surface area contributed by atoms with Gasteiger partial charge in [0.2, 0.25) is 0 Å². The van der Waals surface area contributed by atoms with Gasteiger partial charge in [0.25, 0.3) is 0 Å².